The van der Waals surface area contributed by atoms with Crippen LogP contribution in [-0.2, 0) is 0 Å². The van der Waals surface area contributed by atoms with Gasteiger partial charge in [-0.05, 0) is 44.0 Å². The van der Waals surface area contributed by atoms with Crippen molar-refractivity contribution in [2.45, 2.75) is 0 Å². The fourth-order valence-electron chi connectivity index (χ4n) is 1.29. The average molecular weight is 451 g/mol. The van der Waals surface area contributed by atoms with Crippen molar-refractivity contribution in [3.8, 4) is 0 Å². The van der Waals surface area contributed by atoms with Crippen molar-refractivity contribution in [2.75, 3.05) is 11.1 Å². The minimum Gasteiger partial charge on any atom is -0.382 e. The minimum atomic E-state index is -0.365. The van der Waals surface area contributed by atoms with Crippen LogP contribution in [0.25, 0.3) is 0 Å². The molecule has 1 amide bonds. The van der Waals surface area contributed by atoms with Gasteiger partial charge in [-0.3, -0.25) is 4.79 Å². The summed E-state index contributed by atoms with van der Waals surface area (Å²) >= 11 is 10.1. The molecule has 0 unspecified atom stereocenters. The fourth-order valence-corrected chi connectivity index (χ4v) is 3.75. The standard InChI is InChI=1S/C11H7Br3N4O/c12-5-1-6(13)10(7(14)2-5)18-11(19)8-3-17-9(15)4-16-8/h1-4H,(H2,15,17)(H,18,19). The molecular weight excluding hydrogens is 444 g/mol. The first kappa shape index (κ1) is 14.4. The molecule has 0 saturated heterocycles. The number of benzene rings is 1. The third-order valence-electron chi connectivity index (χ3n) is 2.15. The van der Waals surface area contributed by atoms with Crippen molar-refractivity contribution in [3.05, 3.63) is 43.6 Å². The molecule has 19 heavy (non-hydrogen) atoms. The quantitative estimate of drug-likeness (QED) is 0.732. The number of halogens is 3. The van der Waals surface area contributed by atoms with Gasteiger partial charge in [0.1, 0.15) is 11.5 Å². The Morgan fingerprint density at radius 1 is 1.11 bits per heavy atom. The van der Waals surface area contributed by atoms with Crippen molar-refractivity contribution in [3.63, 3.8) is 0 Å². The molecule has 98 valence electrons. The van der Waals surface area contributed by atoms with Gasteiger partial charge < -0.3 is 11.1 Å². The highest BCUT2D eigenvalue weighted by Gasteiger charge is 2.13. The van der Waals surface area contributed by atoms with E-state index in [1.807, 2.05) is 12.1 Å². The molecule has 1 aromatic carbocycles. The molecule has 0 aliphatic rings. The predicted molar refractivity (Wildman–Crippen MR) is 83.9 cm³/mol. The van der Waals surface area contributed by atoms with Gasteiger partial charge in [-0.15, -0.1) is 0 Å². The zero-order valence-corrected chi connectivity index (χ0v) is 14.1. The van der Waals surface area contributed by atoms with Crippen LogP contribution in [0.4, 0.5) is 11.5 Å². The van der Waals surface area contributed by atoms with E-state index in [1.54, 1.807) is 0 Å². The van der Waals surface area contributed by atoms with Crippen LogP contribution in [0.2, 0.25) is 0 Å². The van der Waals surface area contributed by atoms with Gasteiger partial charge >= 0.3 is 0 Å². The first-order valence-electron chi connectivity index (χ1n) is 5.01. The molecule has 0 spiro atoms. The van der Waals surface area contributed by atoms with Gasteiger partial charge in [0.2, 0.25) is 0 Å². The van der Waals surface area contributed by atoms with E-state index in [2.05, 4.69) is 63.1 Å². The number of hydrogen-bond donors (Lipinski definition) is 2. The maximum absolute atomic E-state index is 12.0. The lowest BCUT2D eigenvalue weighted by atomic mass is 10.3. The van der Waals surface area contributed by atoms with Gasteiger partial charge in [0.05, 0.1) is 18.1 Å². The summed E-state index contributed by atoms with van der Waals surface area (Å²) in [6, 6.07) is 3.66. The fraction of sp³-hybridized carbons (Fsp3) is 0. The van der Waals surface area contributed by atoms with Crippen LogP contribution in [0.3, 0.4) is 0 Å². The number of aromatic nitrogens is 2. The first-order valence-corrected chi connectivity index (χ1v) is 7.38. The smallest absolute Gasteiger partial charge is 0.275 e. The second-order valence-corrected chi connectivity index (χ2v) is 6.15. The molecule has 0 aliphatic carbocycles. The molecule has 3 N–H and O–H groups in total. The van der Waals surface area contributed by atoms with E-state index in [-0.39, 0.29) is 17.4 Å². The number of carbonyl (C=O) groups excluding carboxylic acids is 1. The number of nitrogen functional groups attached to an aromatic ring is 1. The summed E-state index contributed by atoms with van der Waals surface area (Å²) in [4.78, 5) is 19.7. The molecule has 0 atom stereocenters. The number of amides is 1. The van der Waals surface area contributed by atoms with Crippen LogP contribution in [-0.4, -0.2) is 15.9 Å². The highest BCUT2D eigenvalue weighted by Crippen LogP contribution is 2.34. The molecule has 1 aromatic heterocycles. The lowest BCUT2D eigenvalue weighted by Crippen LogP contribution is -2.15. The van der Waals surface area contributed by atoms with E-state index in [4.69, 9.17) is 5.73 Å². The molecule has 0 saturated carbocycles. The van der Waals surface area contributed by atoms with E-state index in [0.717, 1.165) is 13.4 Å². The van der Waals surface area contributed by atoms with Gasteiger partial charge in [-0.1, -0.05) is 15.9 Å². The Bertz CT molecular complexity index is 607. The Morgan fingerprint density at radius 3 is 2.26 bits per heavy atom. The SMILES string of the molecule is Nc1cnc(C(=O)Nc2c(Br)cc(Br)cc2Br)cn1. The normalized spacial score (nSPS) is 10.3. The molecular formula is C11H7Br3N4O. The van der Waals surface area contributed by atoms with Gasteiger partial charge in [-0.2, -0.15) is 0 Å². The van der Waals surface area contributed by atoms with E-state index in [9.17, 15) is 4.79 Å². The third-order valence-corrected chi connectivity index (χ3v) is 3.86. The summed E-state index contributed by atoms with van der Waals surface area (Å²) in [6.45, 7) is 0. The van der Waals surface area contributed by atoms with Crippen molar-refractivity contribution in [2.24, 2.45) is 0 Å². The van der Waals surface area contributed by atoms with E-state index in [1.165, 1.54) is 12.4 Å². The predicted octanol–water partition coefficient (Wildman–Crippen LogP) is 3.60. The monoisotopic (exact) mass is 448 g/mol. The molecule has 2 aromatic rings. The van der Waals surface area contributed by atoms with Crippen molar-refractivity contribution in [1.29, 1.82) is 0 Å². The summed E-state index contributed by atoms with van der Waals surface area (Å²) in [5, 5.41) is 2.74. The second-order valence-electron chi connectivity index (χ2n) is 3.53. The maximum atomic E-state index is 12.0. The van der Waals surface area contributed by atoms with Gasteiger partial charge in [0.25, 0.3) is 5.91 Å². The van der Waals surface area contributed by atoms with Gasteiger partial charge in [0, 0.05) is 13.4 Å². The number of rotatable bonds is 2. The topological polar surface area (TPSA) is 80.9 Å². The van der Waals surface area contributed by atoms with Gasteiger partial charge in [-0.25, -0.2) is 9.97 Å². The van der Waals surface area contributed by atoms with Gasteiger partial charge in [0.15, 0.2) is 0 Å². The number of hydrogen-bond acceptors (Lipinski definition) is 4. The Balaban J connectivity index is 2.26. The van der Waals surface area contributed by atoms with Crippen LogP contribution >= 0.6 is 47.8 Å². The van der Waals surface area contributed by atoms with Crippen LogP contribution < -0.4 is 11.1 Å². The highest BCUT2D eigenvalue weighted by atomic mass is 79.9. The molecule has 2 rings (SSSR count). The third kappa shape index (κ3) is 3.52. The summed E-state index contributed by atoms with van der Waals surface area (Å²) in [7, 11) is 0. The zero-order chi connectivity index (χ0) is 14.0. The number of carbonyl (C=O) groups is 1. The number of nitrogens with two attached hydrogens (primary N) is 1. The van der Waals surface area contributed by atoms with Crippen LogP contribution in [0.1, 0.15) is 10.5 Å². The number of nitrogens with zero attached hydrogens (tertiary/aromatic N) is 2. The Morgan fingerprint density at radius 2 is 1.74 bits per heavy atom. The van der Waals surface area contributed by atoms with Crippen molar-refractivity contribution >= 4 is 65.2 Å². The molecule has 8 heteroatoms. The van der Waals surface area contributed by atoms with E-state index >= 15 is 0 Å². The van der Waals surface area contributed by atoms with Crippen LogP contribution in [0.15, 0.2) is 37.9 Å². The highest BCUT2D eigenvalue weighted by molar-refractivity contribution is 9.11. The van der Waals surface area contributed by atoms with Crippen LogP contribution in [0.5, 0.6) is 0 Å². The van der Waals surface area contributed by atoms with E-state index in [0.29, 0.717) is 5.69 Å². The summed E-state index contributed by atoms with van der Waals surface area (Å²) in [5.74, 6) is -0.0984. The van der Waals surface area contributed by atoms with Crippen molar-refractivity contribution < 1.29 is 4.79 Å². The maximum Gasteiger partial charge on any atom is 0.275 e. The summed E-state index contributed by atoms with van der Waals surface area (Å²) in [5.41, 5.74) is 6.23. The van der Waals surface area contributed by atoms with Crippen LogP contribution in [0, 0.1) is 0 Å². The summed E-state index contributed by atoms with van der Waals surface area (Å²) in [6.07, 6.45) is 2.66. The molecule has 1 heterocycles. The number of nitrogens with one attached hydrogen (secondary N) is 1. The molecule has 0 radical (unpaired) electrons. The molecule has 0 bridgehead atoms. The van der Waals surface area contributed by atoms with E-state index < -0.39 is 0 Å². The first-order chi connectivity index (χ1) is 8.97. The Hall–Kier alpha value is -0.990. The lowest BCUT2D eigenvalue weighted by Gasteiger charge is -2.09. The second kappa shape index (κ2) is 5.98. The molecule has 0 aliphatic heterocycles. The summed E-state index contributed by atoms with van der Waals surface area (Å²) < 4.78 is 2.37. The number of anilines is 2. The lowest BCUT2D eigenvalue weighted by molar-refractivity contribution is 0.102. The molecule has 5 nitrogen and oxygen atoms in total. The van der Waals surface area contributed by atoms with Crippen molar-refractivity contribution in [1.82, 2.24) is 9.97 Å². The Kier molecular flexibility index (Phi) is 4.54. The minimum absolute atomic E-state index is 0.191. The Labute approximate surface area is 134 Å². The average Bonchev–Trinajstić information content (AvgIpc) is 2.34. The molecule has 0 fully saturated rings. The largest absolute Gasteiger partial charge is 0.382 e. The zero-order valence-electron chi connectivity index (χ0n) is 9.32.